The number of nitrogens with one attached hydrogen (secondary N) is 2. The molecule has 3 aliphatic rings. The molecule has 3 fully saturated rings. The standard InChI is InChI=1S/C46H62N6O5/c1-31(2)35-15-17-37(18-16-35)46(55)47-32(3)41-30-44(52-24-19-36-10-6-7-13-42(36)52)50-43(49-41)14-9-26-56-28-29-57-27-25-51-22-20-38(21-23-51)48-40-12-8-11-39(33(4)53)45(40)34(5)54/h8,11-12,15-18,30,32,36,38,42,48H,1,6-7,9-10,13-14,19-29H2,2-5H3,(H,47,55). The summed E-state index contributed by atoms with van der Waals surface area (Å²) < 4.78 is 11.9. The van der Waals surface area contributed by atoms with Crippen molar-refractivity contribution in [2.24, 2.45) is 5.92 Å². The van der Waals surface area contributed by atoms with Crippen molar-refractivity contribution >= 4 is 34.6 Å². The second kappa shape index (κ2) is 20.3. The number of hydrogen-bond acceptors (Lipinski definition) is 10. The fraction of sp³-hybridized carbons (Fsp3) is 0.543. The number of amides is 1. The van der Waals surface area contributed by atoms with Crippen molar-refractivity contribution < 1.29 is 23.9 Å². The lowest BCUT2D eigenvalue weighted by molar-refractivity contribution is 0.0356. The molecule has 0 radical (unpaired) electrons. The van der Waals surface area contributed by atoms with E-state index < -0.39 is 0 Å². The van der Waals surface area contributed by atoms with Crippen LogP contribution < -0.4 is 15.5 Å². The number of likely N-dealkylation sites (tertiary alicyclic amines) is 1. The topological polar surface area (TPSA) is 126 Å². The van der Waals surface area contributed by atoms with E-state index >= 15 is 0 Å². The lowest BCUT2D eigenvalue weighted by Gasteiger charge is -2.33. The Morgan fingerprint density at radius 1 is 0.842 bits per heavy atom. The molecule has 1 aromatic heterocycles. The van der Waals surface area contributed by atoms with Crippen LogP contribution >= 0.6 is 0 Å². The molecule has 2 saturated heterocycles. The van der Waals surface area contributed by atoms with Gasteiger partial charge in [0.05, 0.1) is 37.1 Å². The first-order valence-electron chi connectivity index (χ1n) is 21.1. The molecule has 2 aliphatic heterocycles. The van der Waals surface area contributed by atoms with Crippen LogP contribution in [0.3, 0.4) is 0 Å². The molecule has 3 atom stereocenters. The summed E-state index contributed by atoms with van der Waals surface area (Å²) in [6.45, 7) is 17.0. The number of nitrogens with zero attached hydrogens (tertiary/aromatic N) is 4. The van der Waals surface area contributed by atoms with Gasteiger partial charge in [-0.15, -0.1) is 0 Å². The lowest BCUT2D eigenvalue weighted by Crippen LogP contribution is -2.40. The first kappa shape index (κ1) is 42.2. The zero-order valence-electron chi connectivity index (χ0n) is 34.5. The van der Waals surface area contributed by atoms with E-state index in [2.05, 4.69) is 33.1 Å². The van der Waals surface area contributed by atoms with Crippen molar-refractivity contribution in [2.75, 3.05) is 62.8 Å². The Balaban J connectivity index is 0.925. The molecule has 11 nitrogen and oxygen atoms in total. The number of fused-ring (bicyclic) bond motifs is 1. The molecule has 6 rings (SSSR count). The quantitative estimate of drug-likeness (QED) is 0.0924. The minimum absolute atomic E-state index is 0.0969. The number of rotatable bonds is 19. The summed E-state index contributed by atoms with van der Waals surface area (Å²) in [5.41, 5.74) is 5.15. The van der Waals surface area contributed by atoms with Gasteiger partial charge in [-0.3, -0.25) is 14.4 Å². The number of carbonyl (C=O) groups is 3. The van der Waals surface area contributed by atoms with Crippen molar-refractivity contribution in [1.82, 2.24) is 20.2 Å². The number of aryl methyl sites for hydroxylation is 1. The molecule has 0 bridgehead atoms. The van der Waals surface area contributed by atoms with Gasteiger partial charge in [0.1, 0.15) is 11.6 Å². The molecule has 3 unspecified atom stereocenters. The number of piperidine rings is 1. The van der Waals surface area contributed by atoms with Crippen LogP contribution in [0, 0.1) is 5.92 Å². The molecule has 11 heteroatoms. The SMILES string of the molecule is C=C(C)c1ccc(C(=O)NC(C)c2cc(N3CCC4CCCCC43)nc(CCCOCCOCCN3CCC(Nc4cccc(C(C)=O)c4C(C)=O)CC3)n2)cc1. The average Bonchev–Trinajstić information content (AvgIpc) is 3.65. The summed E-state index contributed by atoms with van der Waals surface area (Å²) in [4.78, 5) is 52.6. The zero-order chi connectivity index (χ0) is 40.3. The number of Topliss-reactive ketones (excluding diaryl/α,β-unsaturated/α-hetero) is 2. The molecule has 2 aromatic carbocycles. The number of benzene rings is 2. The van der Waals surface area contributed by atoms with E-state index in [1.54, 1.807) is 6.07 Å². The molecule has 2 N–H and O–H groups in total. The fourth-order valence-electron chi connectivity index (χ4n) is 8.65. The Labute approximate surface area is 339 Å². The third-order valence-electron chi connectivity index (χ3n) is 11.9. The Bertz CT molecular complexity index is 1860. The number of aromatic nitrogens is 2. The number of ketones is 2. The summed E-state index contributed by atoms with van der Waals surface area (Å²) >= 11 is 0. The van der Waals surface area contributed by atoms with Gasteiger partial charge in [0.2, 0.25) is 0 Å². The van der Waals surface area contributed by atoms with Gasteiger partial charge in [-0.1, -0.05) is 49.3 Å². The summed E-state index contributed by atoms with van der Waals surface area (Å²) in [5.74, 6) is 2.18. The highest BCUT2D eigenvalue weighted by atomic mass is 16.5. The average molecular weight is 779 g/mol. The van der Waals surface area contributed by atoms with E-state index in [9.17, 15) is 14.4 Å². The minimum Gasteiger partial charge on any atom is -0.382 e. The molecule has 57 heavy (non-hydrogen) atoms. The van der Waals surface area contributed by atoms with Gasteiger partial charge in [-0.05, 0) is 95.9 Å². The van der Waals surface area contributed by atoms with E-state index in [1.807, 2.05) is 50.2 Å². The Kier molecular flexibility index (Phi) is 15.0. The molecule has 1 aliphatic carbocycles. The number of anilines is 2. The number of allylic oxidation sites excluding steroid dienone is 1. The monoisotopic (exact) mass is 778 g/mol. The number of ether oxygens (including phenoxy) is 2. The van der Waals surface area contributed by atoms with Crippen molar-refractivity contribution in [3.8, 4) is 0 Å². The van der Waals surface area contributed by atoms with Crippen LogP contribution in [0.5, 0.6) is 0 Å². The summed E-state index contributed by atoms with van der Waals surface area (Å²) in [6, 6.07) is 15.6. The van der Waals surface area contributed by atoms with Crippen molar-refractivity contribution in [3.05, 3.63) is 88.9 Å². The highest BCUT2D eigenvalue weighted by Gasteiger charge is 2.37. The summed E-state index contributed by atoms with van der Waals surface area (Å²) in [6.07, 6.45) is 9.69. The smallest absolute Gasteiger partial charge is 0.251 e. The predicted molar refractivity (Wildman–Crippen MR) is 226 cm³/mol. The third kappa shape index (κ3) is 11.4. The van der Waals surface area contributed by atoms with Crippen LogP contribution in [0.15, 0.2) is 55.1 Å². The molecule has 306 valence electrons. The summed E-state index contributed by atoms with van der Waals surface area (Å²) in [7, 11) is 0. The van der Waals surface area contributed by atoms with E-state index in [-0.39, 0.29) is 29.6 Å². The van der Waals surface area contributed by atoms with Crippen molar-refractivity contribution in [1.29, 1.82) is 0 Å². The van der Waals surface area contributed by atoms with Gasteiger partial charge in [0.15, 0.2) is 11.6 Å². The minimum atomic E-state index is -0.280. The first-order valence-corrected chi connectivity index (χ1v) is 21.1. The molecule has 1 saturated carbocycles. The molecule has 3 heterocycles. The maximum atomic E-state index is 13.2. The highest BCUT2D eigenvalue weighted by molar-refractivity contribution is 6.10. The Hall–Kier alpha value is -4.45. The van der Waals surface area contributed by atoms with E-state index in [0.29, 0.717) is 55.6 Å². The third-order valence-corrected chi connectivity index (χ3v) is 11.9. The summed E-state index contributed by atoms with van der Waals surface area (Å²) in [5, 5.41) is 6.70. The Morgan fingerprint density at radius 2 is 1.56 bits per heavy atom. The van der Waals surface area contributed by atoms with Crippen molar-refractivity contribution in [2.45, 2.75) is 104 Å². The van der Waals surface area contributed by atoms with E-state index in [1.165, 1.54) is 46.0 Å². The largest absolute Gasteiger partial charge is 0.382 e. The van der Waals surface area contributed by atoms with Crippen LogP contribution in [-0.4, -0.2) is 97.0 Å². The van der Waals surface area contributed by atoms with Gasteiger partial charge in [0.25, 0.3) is 5.91 Å². The molecular weight excluding hydrogens is 717 g/mol. The zero-order valence-corrected chi connectivity index (χ0v) is 34.5. The molecule has 3 aromatic rings. The number of carbonyl (C=O) groups excluding carboxylic acids is 3. The predicted octanol–water partition coefficient (Wildman–Crippen LogP) is 7.72. The highest BCUT2D eigenvalue weighted by Crippen LogP contribution is 2.38. The Morgan fingerprint density at radius 3 is 2.28 bits per heavy atom. The first-order chi connectivity index (χ1) is 27.6. The van der Waals surface area contributed by atoms with Crippen molar-refractivity contribution in [3.63, 3.8) is 0 Å². The van der Waals surface area contributed by atoms with E-state index in [4.69, 9.17) is 19.4 Å². The van der Waals surface area contributed by atoms with Gasteiger partial charge >= 0.3 is 0 Å². The second-order valence-electron chi connectivity index (χ2n) is 16.1. The van der Waals surface area contributed by atoms with Gasteiger partial charge in [-0.2, -0.15) is 0 Å². The van der Waals surface area contributed by atoms with Crippen LogP contribution in [0.4, 0.5) is 11.5 Å². The lowest BCUT2D eigenvalue weighted by atomic mass is 9.85. The van der Waals surface area contributed by atoms with Crippen LogP contribution in [-0.2, 0) is 15.9 Å². The maximum Gasteiger partial charge on any atom is 0.251 e. The van der Waals surface area contributed by atoms with Gasteiger partial charge in [0, 0.05) is 74.2 Å². The molecule has 1 amide bonds. The normalized spacial score (nSPS) is 19.2. The van der Waals surface area contributed by atoms with Gasteiger partial charge in [-0.25, -0.2) is 9.97 Å². The van der Waals surface area contributed by atoms with Gasteiger partial charge < -0.3 is 29.9 Å². The van der Waals surface area contributed by atoms with Crippen LogP contribution in [0.25, 0.3) is 5.57 Å². The van der Waals surface area contributed by atoms with E-state index in [0.717, 1.165) is 85.5 Å². The molecule has 0 spiro atoms. The van der Waals surface area contributed by atoms with Crippen LogP contribution in [0.1, 0.15) is 133 Å². The maximum absolute atomic E-state index is 13.2. The second-order valence-corrected chi connectivity index (χ2v) is 16.1. The fourth-order valence-corrected chi connectivity index (χ4v) is 8.65. The van der Waals surface area contributed by atoms with Crippen LogP contribution in [0.2, 0.25) is 0 Å². The molecular formula is C46H62N6O5. The number of hydrogen-bond donors (Lipinski definition) is 2.